The van der Waals surface area contributed by atoms with E-state index >= 15 is 0 Å². The molecular weight excluding hydrogens is 232 g/mol. The lowest BCUT2D eigenvalue weighted by Crippen LogP contribution is -2.31. The molecule has 1 saturated carbocycles. The maximum atomic E-state index is 11.8. The Morgan fingerprint density at radius 3 is 2.50 bits per heavy atom. The van der Waals surface area contributed by atoms with E-state index in [1.54, 1.807) is 0 Å². The smallest absolute Gasteiger partial charge is 0.273 e. The van der Waals surface area contributed by atoms with Crippen molar-refractivity contribution in [3.8, 4) is 0 Å². The van der Waals surface area contributed by atoms with Gasteiger partial charge in [-0.2, -0.15) is 8.42 Å². The summed E-state index contributed by atoms with van der Waals surface area (Å²) in [4.78, 5) is 0. The summed E-state index contributed by atoms with van der Waals surface area (Å²) in [7, 11) is -3.60. The van der Waals surface area contributed by atoms with Gasteiger partial charge in [-0.05, 0) is 25.7 Å². The number of hydrogen-bond acceptors (Lipinski definition) is 5. The van der Waals surface area contributed by atoms with E-state index in [9.17, 15) is 13.5 Å². The molecule has 0 radical (unpaired) electrons. The van der Waals surface area contributed by atoms with E-state index in [2.05, 4.69) is 0 Å². The third-order valence-electron chi connectivity index (χ3n) is 2.89. The quantitative estimate of drug-likeness (QED) is 0.483. The monoisotopic (exact) mass is 252 g/mol. The Balaban J connectivity index is 2.54. The molecule has 1 atom stereocenters. The van der Waals surface area contributed by atoms with Crippen molar-refractivity contribution in [1.82, 2.24) is 0 Å². The van der Waals surface area contributed by atoms with Crippen LogP contribution in [0.25, 0.3) is 0 Å². The van der Waals surface area contributed by atoms with E-state index in [0.29, 0.717) is 19.3 Å². The van der Waals surface area contributed by atoms with Gasteiger partial charge < -0.3 is 10.2 Å². The summed E-state index contributed by atoms with van der Waals surface area (Å²) in [6.45, 7) is 1.75. The average Bonchev–Trinajstić information content (AvgIpc) is 2.99. The van der Waals surface area contributed by atoms with Crippen LogP contribution in [0.3, 0.4) is 0 Å². The molecule has 2 N–H and O–H groups in total. The second-order valence-corrected chi connectivity index (χ2v) is 6.36. The first-order valence-electron chi connectivity index (χ1n) is 5.65. The van der Waals surface area contributed by atoms with Crippen LogP contribution in [0, 0.1) is 0 Å². The van der Waals surface area contributed by atoms with Crippen molar-refractivity contribution in [3.05, 3.63) is 0 Å². The molecule has 0 amide bonds. The Morgan fingerprint density at radius 1 is 1.44 bits per heavy atom. The fourth-order valence-electron chi connectivity index (χ4n) is 1.63. The van der Waals surface area contributed by atoms with Gasteiger partial charge in [0.05, 0.1) is 19.3 Å². The minimum Gasteiger partial charge on any atom is -0.394 e. The van der Waals surface area contributed by atoms with Crippen LogP contribution in [0.15, 0.2) is 0 Å². The predicted molar refractivity (Wildman–Crippen MR) is 59.5 cm³/mol. The van der Waals surface area contributed by atoms with Crippen LogP contribution < -0.4 is 0 Å². The zero-order chi connectivity index (χ0) is 12.2. The number of hydrogen-bond donors (Lipinski definition) is 2. The molecule has 0 aromatic carbocycles. The molecule has 1 aliphatic rings. The average molecular weight is 252 g/mol. The third kappa shape index (κ3) is 3.16. The van der Waals surface area contributed by atoms with Crippen LogP contribution in [0.4, 0.5) is 0 Å². The summed E-state index contributed by atoms with van der Waals surface area (Å²) < 4.78 is 27.6. The highest BCUT2D eigenvalue weighted by Crippen LogP contribution is 2.48. The van der Waals surface area contributed by atoms with Crippen LogP contribution in [0.1, 0.15) is 39.0 Å². The van der Waals surface area contributed by atoms with Gasteiger partial charge in [-0.3, -0.25) is 4.18 Å². The minimum absolute atomic E-state index is 0.0674. The molecule has 0 aromatic heterocycles. The summed E-state index contributed by atoms with van der Waals surface area (Å²) in [5, 5.41) is 18.0. The molecule has 0 heterocycles. The van der Waals surface area contributed by atoms with Gasteiger partial charge in [0.1, 0.15) is 4.75 Å². The highest BCUT2D eigenvalue weighted by atomic mass is 32.2. The lowest BCUT2D eigenvalue weighted by molar-refractivity contribution is 0.0846. The lowest BCUT2D eigenvalue weighted by Gasteiger charge is -2.18. The molecule has 1 rings (SSSR count). The summed E-state index contributed by atoms with van der Waals surface area (Å²) in [5.41, 5.74) is 0. The molecule has 0 spiro atoms. The largest absolute Gasteiger partial charge is 0.394 e. The minimum atomic E-state index is -3.60. The molecule has 0 aliphatic heterocycles. The number of unbranched alkanes of at least 4 members (excludes halogenated alkanes) is 1. The third-order valence-corrected chi connectivity index (χ3v) is 5.01. The first-order valence-corrected chi connectivity index (χ1v) is 7.06. The van der Waals surface area contributed by atoms with Crippen molar-refractivity contribution in [3.63, 3.8) is 0 Å². The Morgan fingerprint density at radius 2 is 2.06 bits per heavy atom. The second kappa shape index (κ2) is 5.44. The number of aliphatic hydroxyl groups is 2. The number of rotatable bonds is 8. The van der Waals surface area contributed by atoms with Crippen molar-refractivity contribution < 1.29 is 22.8 Å². The molecule has 6 heteroatoms. The van der Waals surface area contributed by atoms with Crippen molar-refractivity contribution in [1.29, 1.82) is 0 Å². The van der Waals surface area contributed by atoms with Gasteiger partial charge in [0.25, 0.3) is 10.1 Å². The van der Waals surface area contributed by atoms with Crippen molar-refractivity contribution in [2.24, 2.45) is 0 Å². The Kier molecular flexibility index (Phi) is 4.73. The Labute approximate surface area is 96.6 Å². The van der Waals surface area contributed by atoms with Crippen molar-refractivity contribution in [2.75, 3.05) is 13.2 Å². The predicted octanol–water partition coefficient (Wildman–Crippen LogP) is 0.409. The van der Waals surface area contributed by atoms with E-state index in [4.69, 9.17) is 9.29 Å². The first-order chi connectivity index (χ1) is 7.47. The van der Waals surface area contributed by atoms with Gasteiger partial charge in [0.2, 0.25) is 0 Å². The fraction of sp³-hybridized carbons (Fsp3) is 1.00. The molecular formula is C10H20O5S. The van der Waals surface area contributed by atoms with E-state index in [1.165, 1.54) is 0 Å². The van der Waals surface area contributed by atoms with Crippen molar-refractivity contribution >= 4 is 10.1 Å². The van der Waals surface area contributed by atoms with E-state index < -0.39 is 27.6 Å². The SMILES string of the molecule is CCCCOS(=O)(=O)C1(CC(O)CO)CC1. The highest BCUT2D eigenvalue weighted by Gasteiger charge is 2.56. The van der Waals surface area contributed by atoms with Gasteiger partial charge in [-0.25, -0.2) is 0 Å². The van der Waals surface area contributed by atoms with Crippen LogP contribution >= 0.6 is 0 Å². The summed E-state index contributed by atoms with van der Waals surface area (Å²) in [6.07, 6.45) is 1.70. The van der Waals surface area contributed by atoms with Gasteiger partial charge in [-0.15, -0.1) is 0 Å². The first kappa shape index (κ1) is 13.9. The van der Waals surface area contributed by atoms with Gasteiger partial charge in [-0.1, -0.05) is 13.3 Å². The normalized spacial score (nSPS) is 20.7. The van der Waals surface area contributed by atoms with E-state index in [1.807, 2.05) is 6.92 Å². The topological polar surface area (TPSA) is 83.8 Å². The summed E-state index contributed by atoms with van der Waals surface area (Å²) in [6, 6.07) is 0. The molecule has 96 valence electrons. The zero-order valence-corrected chi connectivity index (χ0v) is 10.4. The lowest BCUT2D eigenvalue weighted by atomic mass is 10.2. The maximum absolute atomic E-state index is 11.8. The molecule has 1 fully saturated rings. The molecule has 1 aliphatic carbocycles. The fourth-order valence-corrected chi connectivity index (χ4v) is 3.21. The van der Waals surface area contributed by atoms with Crippen LogP contribution in [-0.4, -0.2) is 42.7 Å². The molecule has 16 heavy (non-hydrogen) atoms. The second-order valence-electron chi connectivity index (χ2n) is 4.35. The van der Waals surface area contributed by atoms with Crippen LogP contribution in [-0.2, 0) is 14.3 Å². The van der Waals surface area contributed by atoms with Gasteiger partial charge in [0, 0.05) is 0 Å². The molecule has 0 bridgehead atoms. The van der Waals surface area contributed by atoms with E-state index in [0.717, 1.165) is 6.42 Å². The molecule has 0 saturated heterocycles. The number of aliphatic hydroxyl groups excluding tert-OH is 2. The standard InChI is InChI=1S/C10H20O5S/c1-2-3-6-15-16(13,14)10(4-5-10)7-9(12)8-11/h9,11-12H,2-8H2,1H3. The molecule has 5 nitrogen and oxygen atoms in total. The van der Waals surface area contributed by atoms with Gasteiger partial charge in [0.15, 0.2) is 0 Å². The zero-order valence-electron chi connectivity index (χ0n) is 9.55. The summed E-state index contributed by atoms with van der Waals surface area (Å²) in [5.74, 6) is 0. The van der Waals surface area contributed by atoms with Gasteiger partial charge >= 0.3 is 0 Å². The van der Waals surface area contributed by atoms with Crippen molar-refractivity contribution in [2.45, 2.75) is 49.9 Å². The van der Waals surface area contributed by atoms with Crippen LogP contribution in [0.2, 0.25) is 0 Å². The summed E-state index contributed by atoms with van der Waals surface area (Å²) >= 11 is 0. The van der Waals surface area contributed by atoms with E-state index in [-0.39, 0.29) is 13.0 Å². The maximum Gasteiger partial charge on any atom is 0.273 e. The van der Waals surface area contributed by atoms with Crippen LogP contribution in [0.5, 0.6) is 0 Å². The Hall–Kier alpha value is -0.170. The Bertz CT molecular complexity index is 307. The molecule has 1 unspecified atom stereocenters. The highest BCUT2D eigenvalue weighted by molar-refractivity contribution is 7.88. The molecule has 0 aromatic rings.